The number of rotatable bonds is 6. The average molecular weight is 244 g/mol. The SMILES string of the molecule is C=C(COC(=O)OCC(C)C)C[Si](C)(C)C. The van der Waals surface area contributed by atoms with Crippen molar-refractivity contribution in [3.63, 3.8) is 0 Å². The molecule has 3 nitrogen and oxygen atoms in total. The minimum atomic E-state index is -1.16. The van der Waals surface area contributed by atoms with Gasteiger partial charge in [0.15, 0.2) is 0 Å². The Morgan fingerprint density at radius 2 is 1.81 bits per heavy atom. The molecule has 0 saturated heterocycles. The lowest BCUT2D eigenvalue weighted by Crippen LogP contribution is -2.22. The highest BCUT2D eigenvalue weighted by Crippen LogP contribution is 2.14. The van der Waals surface area contributed by atoms with Crippen molar-refractivity contribution in [2.24, 2.45) is 5.92 Å². The summed E-state index contributed by atoms with van der Waals surface area (Å²) < 4.78 is 9.85. The molecule has 0 atom stereocenters. The van der Waals surface area contributed by atoms with Crippen LogP contribution in [0.2, 0.25) is 25.7 Å². The van der Waals surface area contributed by atoms with Crippen molar-refractivity contribution in [2.45, 2.75) is 39.5 Å². The molecular formula is C12H24O3Si. The minimum Gasteiger partial charge on any atom is -0.434 e. The van der Waals surface area contributed by atoms with Gasteiger partial charge in [-0.3, -0.25) is 0 Å². The summed E-state index contributed by atoms with van der Waals surface area (Å²) in [5.41, 5.74) is 0.973. The van der Waals surface area contributed by atoms with E-state index in [9.17, 15) is 4.79 Å². The minimum absolute atomic E-state index is 0.279. The highest BCUT2D eigenvalue weighted by Gasteiger charge is 2.15. The quantitative estimate of drug-likeness (QED) is 0.406. The topological polar surface area (TPSA) is 35.5 Å². The van der Waals surface area contributed by atoms with Gasteiger partial charge in [0, 0.05) is 8.07 Å². The second-order valence-corrected chi connectivity index (χ2v) is 11.2. The van der Waals surface area contributed by atoms with Gasteiger partial charge in [0.05, 0.1) is 6.61 Å². The fourth-order valence-corrected chi connectivity index (χ4v) is 2.84. The van der Waals surface area contributed by atoms with Crippen LogP contribution < -0.4 is 0 Å². The summed E-state index contributed by atoms with van der Waals surface area (Å²) in [5.74, 6) is 0.331. The summed E-state index contributed by atoms with van der Waals surface area (Å²) >= 11 is 0. The third-order valence-electron chi connectivity index (χ3n) is 1.71. The predicted molar refractivity (Wildman–Crippen MR) is 69.4 cm³/mol. The number of hydrogen-bond donors (Lipinski definition) is 0. The Hall–Kier alpha value is -0.773. The average Bonchev–Trinajstić information content (AvgIpc) is 2.08. The molecule has 0 heterocycles. The third kappa shape index (κ3) is 9.77. The van der Waals surface area contributed by atoms with Crippen molar-refractivity contribution in [3.8, 4) is 0 Å². The zero-order chi connectivity index (χ0) is 12.8. The van der Waals surface area contributed by atoms with Gasteiger partial charge < -0.3 is 9.47 Å². The number of ether oxygens (including phenoxy) is 2. The lowest BCUT2D eigenvalue weighted by Gasteiger charge is -2.17. The molecule has 0 aliphatic rings. The molecule has 0 aromatic carbocycles. The summed E-state index contributed by atoms with van der Waals surface area (Å²) in [5, 5.41) is 0. The Morgan fingerprint density at radius 3 is 2.25 bits per heavy atom. The van der Waals surface area contributed by atoms with E-state index in [-0.39, 0.29) is 6.61 Å². The molecule has 0 amide bonds. The molecule has 16 heavy (non-hydrogen) atoms. The molecule has 0 bridgehead atoms. The van der Waals surface area contributed by atoms with E-state index in [0.29, 0.717) is 12.5 Å². The van der Waals surface area contributed by atoms with Gasteiger partial charge in [-0.1, -0.05) is 40.1 Å². The van der Waals surface area contributed by atoms with Gasteiger partial charge >= 0.3 is 6.16 Å². The van der Waals surface area contributed by atoms with Crippen molar-refractivity contribution in [1.82, 2.24) is 0 Å². The van der Waals surface area contributed by atoms with E-state index in [1.54, 1.807) is 0 Å². The fourth-order valence-electron chi connectivity index (χ4n) is 1.24. The molecule has 0 spiro atoms. The molecule has 0 saturated carbocycles. The summed E-state index contributed by atoms with van der Waals surface area (Å²) in [6.07, 6.45) is -0.592. The zero-order valence-electron chi connectivity index (χ0n) is 11.1. The van der Waals surface area contributed by atoms with Crippen LogP contribution in [0.1, 0.15) is 13.8 Å². The van der Waals surface area contributed by atoms with E-state index in [0.717, 1.165) is 11.6 Å². The molecule has 0 aromatic rings. The van der Waals surface area contributed by atoms with Crippen LogP contribution >= 0.6 is 0 Å². The van der Waals surface area contributed by atoms with Crippen LogP contribution in [0.5, 0.6) is 0 Å². The Balaban J connectivity index is 3.72. The molecule has 0 radical (unpaired) electrons. The molecule has 0 aliphatic carbocycles. The molecule has 0 fully saturated rings. The molecule has 0 rings (SSSR count). The Kier molecular flexibility index (Phi) is 6.41. The van der Waals surface area contributed by atoms with E-state index in [4.69, 9.17) is 9.47 Å². The highest BCUT2D eigenvalue weighted by atomic mass is 28.3. The number of carbonyl (C=O) groups excluding carboxylic acids is 1. The molecule has 0 unspecified atom stereocenters. The van der Waals surface area contributed by atoms with Crippen LogP contribution in [0.15, 0.2) is 12.2 Å². The monoisotopic (exact) mass is 244 g/mol. The van der Waals surface area contributed by atoms with Crippen LogP contribution in [0.3, 0.4) is 0 Å². The van der Waals surface area contributed by atoms with E-state index in [2.05, 4.69) is 26.2 Å². The van der Waals surface area contributed by atoms with Gasteiger partial charge in [-0.05, 0) is 17.5 Å². The third-order valence-corrected chi connectivity index (χ3v) is 3.27. The molecular weight excluding hydrogens is 220 g/mol. The Bertz CT molecular complexity index is 241. The van der Waals surface area contributed by atoms with Crippen molar-refractivity contribution in [3.05, 3.63) is 12.2 Å². The van der Waals surface area contributed by atoms with Crippen LogP contribution in [0, 0.1) is 5.92 Å². The molecule has 0 aromatic heterocycles. The molecule has 0 aliphatic heterocycles. The molecule has 94 valence electrons. The van der Waals surface area contributed by atoms with E-state index in [1.165, 1.54) is 0 Å². The maximum atomic E-state index is 11.1. The van der Waals surface area contributed by atoms with Gasteiger partial charge in [-0.2, -0.15) is 0 Å². The number of carbonyl (C=O) groups is 1. The van der Waals surface area contributed by atoms with Crippen molar-refractivity contribution >= 4 is 14.2 Å². The van der Waals surface area contributed by atoms with Gasteiger partial charge in [0.25, 0.3) is 0 Å². The van der Waals surface area contributed by atoms with Crippen LogP contribution in [-0.2, 0) is 9.47 Å². The highest BCUT2D eigenvalue weighted by molar-refractivity contribution is 6.76. The molecule has 4 heteroatoms. The Labute approximate surface area is 99.8 Å². The Morgan fingerprint density at radius 1 is 1.25 bits per heavy atom. The lowest BCUT2D eigenvalue weighted by molar-refractivity contribution is 0.0534. The van der Waals surface area contributed by atoms with Gasteiger partial charge in [-0.15, -0.1) is 0 Å². The fraction of sp³-hybridized carbons (Fsp3) is 0.750. The summed E-state index contributed by atoms with van der Waals surface area (Å²) in [4.78, 5) is 11.1. The van der Waals surface area contributed by atoms with Crippen LogP contribution in [0.4, 0.5) is 4.79 Å². The summed E-state index contributed by atoms with van der Waals surface area (Å²) in [6, 6.07) is 0.977. The maximum Gasteiger partial charge on any atom is 0.508 e. The van der Waals surface area contributed by atoms with E-state index >= 15 is 0 Å². The first-order valence-corrected chi connectivity index (χ1v) is 9.37. The summed E-state index contributed by atoms with van der Waals surface area (Å²) in [7, 11) is -1.16. The van der Waals surface area contributed by atoms with Crippen LogP contribution in [0.25, 0.3) is 0 Å². The second kappa shape index (κ2) is 6.73. The van der Waals surface area contributed by atoms with Crippen molar-refractivity contribution in [2.75, 3.05) is 13.2 Å². The molecule has 0 N–H and O–H groups in total. The zero-order valence-corrected chi connectivity index (χ0v) is 12.1. The largest absolute Gasteiger partial charge is 0.508 e. The summed E-state index contributed by atoms with van der Waals surface area (Å²) in [6.45, 7) is 15.3. The van der Waals surface area contributed by atoms with Gasteiger partial charge in [0.1, 0.15) is 6.61 Å². The smallest absolute Gasteiger partial charge is 0.434 e. The number of hydrogen-bond acceptors (Lipinski definition) is 3. The standard InChI is InChI=1S/C12H24O3Si/c1-10(2)7-14-12(13)15-8-11(3)9-16(4,5)6/h10H,3,7-9H2,1-2,4-6H3. The van der Waals surface area contributed by atoms with Gasteiger partial charge in [0.2, 0.25) is 0 Å². The maximum absolute atomic E-state index is 11.1. The van der Waals surface area contributed by atoms with Crippen molar-refractivity contribution in [1.29, 1.82) is 0 Å². The second-order valence-electron chi connectivity index (χ2n) is 5.73. The lowest BCUT2D eigenvalue weighted by atomic mass is 10.2. The first kappa shape index (κ1) is 15.2. The van der Waals surface area contributed by atoms with Crippen molar-refractivity contribution < 1.29 is 14.3 Å². The van der Waals surface area contributed by atoms with Crippen LogP contribution in [-0.4, -0.2) is 27.4 Å². The van der Waals surface area contributed by atoms with E-state index in [1.807, 2.05) is 13.8 Å². The first-order chi connectivity index (χ1) is 7.20. The van der Waals surface area contributed by atoms with Gasteiger partial charge in [-0.25, -0.2) is 4.79 Å². The predicted octanol–water partition coefficient (Wildman–Crippen LogP) is 3.69. The normalized spacial score (nSPS) is 11.4. The first-order valence-electron chi connectivity index (χ1n) is 5.67. The van der Waals surface area contributed by atoms with E-state index < -0.39 is 14.2 Å².